The smallest absolute Gasteiger partial charge is 0.258 e. The number of carbonyl (C=O) groups is 1. The van der Waals surface area contributed by atoms with E-state index in [-0.39, 0.29) is 5.91 Å². The van der Waals surface area contributed by atoms with E-state index in [1.54, 1.807) is 26.4 Å². The van der Waals surface area contributed by atoms with E-state index in [1.807, 2.05) is 6.07 Å². The highest BCUT2D eigenvalue weighted by Crippen LogP contribution is 2.31. The molecular formula is C19H28N2O3. The average molecular weight is 332 g/mol. The first-order valence-corrected chi connectivity index (χ1v) is 8.98. The van der Waals surface area contributed by atoms with Gasteiger partial charge in [-0.15, -0.1) is 0 Å². The summed E-state index contributed by atoms with van der Waals surface area (Å²) < 4.78 is 10.7. The first-order chi connectivity index (χ1) is 11.7. The van der Waals surface area contributed by atoms with E-state index in [4.69, 9.17) is 9.47 Å². The summed E-state index contributed by atoms with van der Waals surface area (Å²) in [5.74, 6) is 1.53. The lowest BCUT2D eigenvalue weighted by atomic mass is 9.83. The Labute approximate surface area is 144 Å². The molecule has 2 aliphatic heterocycles. The Morgan fingerprint density at radius 3 is 2.54 bits per heavy atom. The van der Waals surface area contributed by atoms with Gasteiger partial charge in [-0.1, -0.05) is 12.5 Å². The third-order valence-electron chi connectivity index (χ3n) is 5.41. The van der Waals surface area contributed by atoms with E-state index >= 15 is 0 Å². The molecule has 1 N–H and O–H groups in total. The third kappa shape index (κ3) is 3.51. The van der Waals surface area contributed by atoms with Gasteiger partial charge in [-0.2, -0.15) is 0 Å². The molecule has 0 spiro atoms. The van der Waals surface area contributed by atoms with Crippen molar-refractivity contribution in [2.24, 2.45) is 5.92 Å². The molecule has 2 saturated heterocycles. The standard InChI is InChI=1S/C19H28N2O3/c1-23-16-9-5-10-17(24-2)18(16)19(22)20-13-14-7-6-12-21-11-4-3-8-15(14)21/h5,9-10,14-15H,3-4,6-8,11-13H2,1-2H3,(H,20,22)/t14-,15+/m0/s1. The number of hydrogen-bond acceptors (Lipinski definition) is 4. The van der Waals surface area contributed by atoms with E-state index in [1.165, 1.54) is 45.2 Å². The second-order valence-corrected chi connectivity index (χ2v) is 6.75. The highest BCUT2D eigenvalue weighted by atomic mass is 16.5. The number of piperidine rings is 2. The van der Waals surface area contributed by atoms with Crippen molar-refractivity contribution in [1.29, 1.82) is 0 Å². The largest absolute Gasteiger partial charge is 0.496 e. The first kappa shape index (κ1) is 17.1. The molecule has 5 heteroatoms. The van der Waals surface area contributed by atoms with Gasteiger partial charge in [-0.3, -0.25) is 4.79 Å². The van der Waals surface area contributed by atoms with Crippen LogP contribution >= 0.6 is 0 Å². The number of methoxy groups -OCH3 is 2. The van der Waals surface area contributed by atoms with Crippen LogP contribution in [0, 0.1) is 5.92 Å². The molecule has 0 radical (unpaired) electrons. The molecule has 2 atom stereocenters. The van der Waals surface area contributed by atoms with Crippen molar-refractivity contribution >= 4 is 5.91 Å². The minimum absolute atomic E-state index is 0.114. The molecule has 132 valence electrons. The van der Waals surface area contributed by atoms with E-state index in [2.05, 4.69) is 10.2 Å². The van der Waals surface area contributed by atoms with Crippen molar-refractivity contribution in [3.63, 3.8) is 0 Å². The van der Waals surface area contributed by atoms with Gasteiger partial charge in [0.05, 0.1) is 14.2 Å². The van der Waals surface area contributed by atoms with Crippen LogP contribution in [0.3, 0.4) is 0 Å². The topological polar surface area (TPSA) is 50.8 Å². The lowest BCUT2D eigenvalue weighted by Crippen LogP contribution is -2.51. The Kier molecular flexibility index (Phi) is 5.61. The van der Waals surface area contributed by atoms with E-state index < -0.39 is 0 Å². The number of nitrogens with zero attached hydrogens (tertiary/aromatic N) is 1. The van der Waals surface area contributed by atoms with Crippen molar-refractivity contribution in [1.82, 2.24) is 10.2 Å². The predicted octanol–water partition coefficient (Wildman–Crippen LogP) is 2.70. The lowest BCUT2D eigenvalue weighted by molar-refractivity contribution is 0.0575. The summed E-state index contributed by atoms with van der Waals surface area (Å²) in [6.07, 6.45) is 6.32. The van der Waals surface area contributed by atoms with Gasteiger partial charge in [-0.05, 0) is 56.8 Å². The molecule has 2 heterocycles. The van der Waals surface area contributed by atoms with Crippen molar-refractivity contribution in [3.05, 3.63) is 23.8 Å². The van der Waals surface area contributed by atoms with E-state index in [0.29, 0.717) is 29.0 Å². The monoisotopic (exact) mass is 332 g/mol. The predicted molar refractivity (Wildman–Crippen MR) is 93.8 cm³/mol. The van der Waals surface area contributed by atoms with Gasteiger partial charge in [0.15, 0.2) is 0 Å². The Morgan fingerprint density at radius 1 is 1.12 bits per heavy atom. The van der Waals surface area contributed by atoms with Gasteiger partial charge in [0.25, 0.3) is 5.91 Å². The molecule has 1 aromatic rings. The molecule has 24 heavy (non-hydrogen) atoms. The Morgan fingerprint density at radius 2 is 1.83 bits per heavy atom. The van der Waals surface area contributed by atoms with Crippen LogP contribution in [0.2, 0.25) is 0 Å². The van der Waals surface area contributed by atoms with Gasteiger partial charge in [0.1, 0.15) is 17.1 Å². The van der Waals surface area contributed by atoms with E-state index in [0.717, 1.165) is 6.54 Å². The molecule has 0 aromatic heterocycles. The number of fused-ring (bicyclic) bond motifs is 1. The number of benzene rings is 1. The van der Waals surface area contributed by atoms with Crippen LogP contribution in [-0.2, 0) is 0 Å². The van der Waals surface area contributed by atoms with Crippen molar-refractivity contribution in [2.75, 3.05) is 33.9 Å². The molecule has 0 aliphatic carbocycles. The van der Waals surface area contributed by atoms with Gasteiger partial charge < -0.3 is 19.7 Å². The van der Waals surface area contributed by atoms with Gasteiger partial charge in [0, 0.05) is 12.6 Å². The Balaban J connectivity index is 1.67. The van der Waals surface area contributed by atoms with Gasteiger partial charge in [0.2, 0.25) is 0 Å². The van der Waals surface area contributed by atoms with Crippen LogP contribution < -0.4 is 14.8 Å². The highest BCUT2D eigenvalue weighted by molar-refractivity contribution is 5.99. The van der Waals surface area contributed by atoms with Crippen molar-refractivity contribution in [3.8, 4) is 11.5 Å². The maximum Gasteiger partial charge on any atom is 0.258 e. The zero-order valence-electron chi connectivity index (χ0n) is 14.7. The number of amides is 1. The second-order valence-electron chi connectivity index (χ2n) is 6.75. The van der Waals surface area contributed by atoms with Crippen LogP contribution in [0.5, 0.6) is 11.5 Å². The van der Waals surface area contributed by atoms with Gasteiger partial charge in [-0.25, -0.2) is 0 Å². The van der Waals surface area contributed by atoms with Crippen LogP contribution in [0.15, 0.2) is 18.2 Å². The van der Waals surface area contributed by atoms with Crippen LogP contribution in [0.25, 0.3) is 0 Å². The molecule has 0 bridgehead atoms. The molecule has 1 aromatic carbocycles. The minimum Gasteiger partial charge on any atom is -0.496 e. The third-order valence-corrected chi connectivity index (χ3v) is 5.41. The SMILES string of the molecule is COc1cccc(OC)c1C(=O)NC[C@@H]1CCCN2CCCC[C@H]12. The number of rotatable bonds is 5. The fourth-order valence-electron chi connectivity index (χ4n) is 4.20. The zero-order chi connectivity index (χ0) is 16.9. The molecule has 2 fully saturated rings. The van der Waals surface area contributed by atoms with E-state index in [9.17, 15) is 4.79 Å². The summed E-state index contributed by atoms with van der Waals surface area (Å²) in [6.45, 7) is 3.16. The zero-order valence-corrected chi connectivity index (χ0v) is 14.7. The Hall–Kier alpha value is -1.75. The van der Waals surface area contributed by atoms with Crippen molar-refractivity contribution < 1.29 is 14.3 Å². The first-order valence-electron chi connectivity index (χ1n) is 8.98. The van der Waals surface area contributed by atoms with Crippen LogP contribution in [0.4, 0.5) is 0 Å². The van der Waals surface area contributed by atoms with Gasteiger partial charge >= 0.3 is 0 Å². The maximum absolute atomic E-state index is 12.7. The van der Waals surface area contributed by atoms with Crippen LogP contribution in [0.1, 0.15) is 42.5 Å². The quantitative estimate of drug-likeness (QED) is 0.901. The molecule has 3 rings (SSSR count). The normalized spacial score (nSPS) is 24.1. The van der Waals surface area contributed by atoms with Crippen molar-refractivity contribution in [2.45, 2.75) is 38.1 Å². The minimum atomic E-state index is -0.114. The Bertz CT molecular complexity index is 551. The molecular weight excluding hydrogens is 304 g/mol. The summed E-state index contributed by atoms with van der Waals surface area (Å²) in [6, 6.07) is 6.05. The fraction of sp³-hybridized carbons (Fsp3) is 0.632. The number of carbonyl (C=O) groups excluding carboxylic acids is 1. The molecule has 0 unspecified atom stereocenters. The molecule has 1 amide bonds. The summed E-state index contributed by atoms with van der Waals surface area (Å²) in [4.78, 5) is 15.3. The summed E-state index contributed by atoms with van der Waals surface area (Å²) in [7, 11) is 3.15. The molecule has 5 nitrogen and oxygen atoms in total. The second kappa shape index (κ2) is 7.88. The summed E-state index contributed by atoms with van der Waals surface area (Å²) >= 11 is 0. The number of ether oxygens (including phenoxy) is 2. The summed E-state index contributed by atoms with van der Waals surface area (Å²) in [5, 5.41) is 3.13. The highest BCUT2D eigenvalue weighted by Gasteiger charge is 2.33. The number of nitrogens with one attached hydrogen (secondary N) is 1. The molecule has 2 aliphatic rings. The summed E-state index contributed by atoms with van der Waals surface area (Å²) in [5.41, 5.74) is 0.485. The molecule has 0 saturated carbocycles. The maximum atomic E-state index is 12.7. The fourth-order valence-corrected chi connectivity index (χ4v) is 4.20. The average Bonchev–Trinajstić information content (AvgIpc) is 2.65. The van der Waals surface area contributed by atoms with Crippen LogP contribution in [-0.4, -0.2) is 50.7 Å². The lowest BCUT2D eigenvalue weighted by Gasteiger charge is -2.44. The number of hydrogen-bond donors (Lipinski definition) is 1.